The summed E-state index contributed by atoms with van der Waals surface area (Å²) in [6.45, 7) is 0. The minimum absolute atomic E-state index is 0.280. The molecule has 0 radical (unpaired) electrons. The summed E-state index contributed by atoms with van der Waals surface area (Å²) in [5.41, 5.74) is -11.9. The fraction of sp³-hybridized carbons (Fsp3) is 0. The van der Waals surface area contributed by atoms with Gasteiger partial charge in [-0.1, -0.05) is 0 Å². The van der Waals surface area contributed by atoms with Gasteiger partial charge in [0.25, 0.3) is 0 Å². The Bertz CT molecular complexity index is 2240. The number of nitrogens with zero attached hydrogens (tertiary/aromatic N) is 4. The summed E-state index contributed by atoms with van der Waals surface area (Å²) >= 11 is 0. The summed E-state index contributed by atoms with van der Waals surface area (Å²) in [6, 6.07) is 0. The van der Waals surface area contributed by atoms with Crippen molar-refractivity contribution in [3.8, 4) is 22.5 Å². The Hall–Kier alpha value is -5.38. The van der Waals surface area contributed by atoms with E-state index in [1.807, 2.05) is 0 Å². The van der Waals surface area contributed by atoms with Crippen LogP contribution in [0.1, 0.15) is 0 Å². The predicted molar refractivity (Wildman–Crippen MR) is 129 cm³/mol. The summed E-state index contributed by atoms with van der Waals surface area (Å²) < 4.78 is 261. The molecular weight excluding hydrogens is 721 g/mol. The first kappa shape index (κ1) is 33.5. The second-order valence-electron chi connectivity index (χ2n) is 9.99. The monoisotopic (exact) mass is 723 g/mol. The Labute approximate surface area is 255 Å². The number of hydrogen-bond donors (Lipinski definition) is 0. The highest BCUT2D eigenvalue weighted by Gasteiger charge is 2.36. The molecule has 0 spiro atoms. The Kier molecular flexibility index (Phi) is 7.58. The predicted octanol–water partition coefficient (Wildman–Crippen LogP) is 7.62. The Balaban J connectivity index is 1.81. The van der Waals surface area contributed by atoms with Crippen molar-refractivity contribution in [1.82, 2.24) is 19.4 Å². The summed E-state index contributed by atoms with van der Waals surface area (Å²) in [4.78, 5) is 0. The molecule has 0 unspecified atom stereocenters. The van der Waals surface area contributed by atoms with Crippen molar-refractivity contribution in [1.29, 1.82) is 0 Å². The van der Waals surface area contributed by atoms with Gasteiger partial charge in [0.2, 0.25) is 11.6 Å². The first-order valence-electron chi connectivity index (χ1n) is 12.6. The molecule has 6 aromatic rings. The van der Waals surface area contributed by atoms with Gasteiger partial charge in [0, 0.05) is 11.4 Å². The molecule has 0 fully saturated rings. The van der Waals surface area contributed by atoms with Gasteiger partial charge in [-0.3, -0.25) is 0 Å². The molecule has 49 heavy (non-hydrogen) atoms. The SMILES string of the molecule is Fc1c(F)c(F)c(-c2c3c(F)c(F)c(F)c(F)c3nn2[BH2-]n2nc3c(F)c(F)c(F)c(F)c3c2-c2c(F)c(F)c(F)c(F)c2F)c(F)c1F. The Morgan fingerprint density at radius 3 is 0.796 bits per heavy atom. The third kappa shape index (κ3) is 4.39. The van der Waals surface area contributed by atoms with Crippen LogP contribution in [-0.2, 0) is 0 Å². The smallest absolute Gasteiger partial charge is 0.200 e. The molecule has 256 valence electrons. The van der Waals surface area contributed by atoms with Crippen LogP contribution in [0.25, 0.3) is 44.3 Å². The maximum absolute atomic E-state index is 15.1. The fourth-order valence-corrected chi connectivity index (χ4v) is 5.25. The van der Waals surface area contributed by atoms with Crippen molar-refractivity contribution in [3.05, 3.63) is 105 Å². The summed E-state index contributed by atoms with van der Waals surface area (Å²) in [5.74, 6) is -49.3. The summed E-state index contributed by atoms with van der Waals surface area (Å²) in [7, 11) is -3.65. The van der Waals surface area contributed by atoms with E-state index in [0.717, 1.165) is 0 Å². The lowest BCUT2D eigenvalue weighted by molar-refractivity contribution is 0.381. The van der Waals surface area contributed by atoms with Gasteiger partial charge in [-0.2, -0.15) is 0 Å². The molecule has 6 rings (SSSR count). The number of halogens is 18. The third-order valence-corrected chi connectivity index (χ3v) is 7.38. The van der Waals surface area contributed by atoms with Gasteiger partial charge in [0.1, 0.15) is 11.0 Å². The van der Waals surface area contributed by atoms with Gasteiger partial charge in [-0.05, 0) is 0 Å². The highest BCUT2D eigenvalue weighted by molar-refractivity contribution is 6.34. The number of hydrogen-bond acceptors (Lipinski definition) is 2. The van der Waals surface area contributed by atoms with Crippen LogP contribution in [0.4, 0.5) is 79.0 Å². The number of rotatable bonds is 4. The van der Waals surface area contributed by atoms with Crippen LogP contribution in [0, 0.1) is 105 Å². The Morgan fingerprint density at radius 1 is 0.286 bits per heavy atom. The zero-order valence-corrected chi connectivity index (χ0v) is 22.6. The minimum atomic E-state index is -3.65. The normalized spacial score (nSPS) is 12.0. The highest BCUT2D eigenvalue weighted by Crippen LogP contribution is 2.41. The minimum Gasteiger partial charge on any atom is -0.421 e. The molecule has 0 atom stereocenters. The van der Waals surface area contributed by atoms with Crippen molar-refractivity contribution in [2.75, 3.05) is 0 Å². The molecule has 0 aliphatic rings. The van der Waals surface area contributed by atoms with Crippen LogP contribution >= 0.6 is 0 Å². The molecule has 0 saturated heterocycles. The maximum Gasteiger partial charge on any atom is 0.200 e. The molecule has 2 aromatic heterocycles. The van der Waals surface area contributed by atoms with E-state index in [9.17, 15) is 52.7 Å². The number of aromatic nitrogens is 4. The van der Waals surface area contributed by atoms with Gasteiger partial charge < -0.3 is 9.19 Å². The second-order valence-corrected chi connectivity index (χ2v) is 9.99. The fourth-order valence-electron chi connectivity index (χ4n) is 5.25. The lowest BCUT2D eigenvalue weighted by Crippen LogP contribution is -2.23. The van der Waals surface area contributed by atoms with E-state index in [0.29, 0.717) is 0 Å². The Morgan fingerprint density at radius 2 is 0.510 bits per heavy atom. The molecule has 23 heteroatoms. The summed E-state index contributed by atoms with van der Waals surface area (Å²) in [6.07, 6.45) is 0. The van der Waals surface area contributed by atoms with Gasteiger partial charge in [-0.15, -0.1) is 0 Å². The van der Waals surface area contributed by atoms with Crippen molar-refractivity contribution >= 4 is 29.4 Å². The van der Waals surface area contributed by atoms with E-state index >= 15 is 26.3 Å². The van der Waals surface area contributed by atoms with Gasteiger partial charge in [0.05, 0.1) is 21.9 Å². The molecule has 2 heterocycles. The van der Waals surface area contributed by atoms with Crippen LogP contribution in [0.2, 0.25) is 0 Å². The summed E-state index contributed by atoms with van der Waals surface area (Å²) in [5, 5.41) is 2.59. The molecule has 0 N–H and O–H groups in total. The van der Waals surface area contributed by atoms with Crippen LogP contribution in [0.3, 0.4) is 0 Å². The molecule has 4 nitrogen and oxygen atoms in total. The van der Waals surface area contributed by atoms with E-state index in [4.69, 9.17) is 0 Å². The first-order valence-corrected chi connectivity index (χ1v) is 12.6. The molecule has 4 aromatic carbocycles. The number of fused-ring (bicyclic) bond motifs is 2. The van der Waals surface area contributed by atoms with Crippen molar-refractivity contribution in [2.45, 2.75) is 0 Å². The average molecular weight is 723 g/mol. The van der Waals surface area contributed by atoms with Crippen LogP contribution in [-0.4, -0.2) is 26.9 Å². The largest absolute Gasteiger partial charge is 0.421 e. The van der Waals surface area contributed by atoms with Crippen LogP contribution < -0.4 is 0 Å². The molecule has 0 aliphatic carbocycles. The average Bonchev–Trinajstić information content (AvgIpc) is 3.63. The van der Waals surface area contributed by atoms with Crippen molar-refractivity contribution in [2.24, 2.45) is 0 Å². The standard InChI is InChI=1S/C26H2BF18N4/c28-5-1(6(29)12(35)17(40)11(5)34)25-3-9(32)15(38)19(42)21(44)23(3)46-48(25)27-49-26(2-7(30)13(36)18(41)14(37)8(2)31)4-10(33)16(39)20(43)22(45)24(4)47-49/h27H2/q-1. The molecular formula is C26H2BF18N4-. The van der Waals surface area contributed by atoms with E-state index in [2.05, 4.69) is 10.2 Å². The zero-order valence-electron chi connectivity index (χ0n) is 22.6. The first-order chi connectivity index (χ1) is 22.8. The molecule has 0 aliphatic heterocycles. The van der Waals surface area contributed by atoms with Crippen molar-refractivity contribution in [3.63, 3.8) is 0 Å². The third-order valence-electron chi connectivity index (χ3n) is 7.38. The lowest BCUT2D eigenvalue weighted by atomic mass is 9.99. The van der Waals surface area contributed by atoms with Crippen LogP contribution in [0.5, 0.6) is 0 Å². The van der Waals surface area contributed by atoms with E-state index < -0.39 is 157 Å². The number of benzene rings is 4. The molecule has 0 amide bonds. The highest BCUT2D eigenvalue weighted by atomic mass is 19.2. The maximum atomic E-state index is 15.1. The van der Waals surface area contributed by atoms with E-state index in [-0.39, 0.29) is 9.19 Å². The van der Waals surface area contributed by atoms with Gasteiger partial charge >= 0.3 is 0 Å². The van der Waals surface area contributed by atoms with E-state index in [1.165, 1.54) is 0 Å². The van der Waals surface area contributed by atoms with Gasteiger partial charge in [0.15, 0.2) is 101 Å². The zero-order chi connectivity index (χ0) is 36.3. The van der Waals surface area contributed by atoms with Crippen LogP contribution in [0.15, 0.2) is 0 Å². The molecule has 0 saturated carbocycles. The quantitative estimate of drug-likeness (QED) is 0.0813. The van der Waals surface area contributed by atoms with Gasteiger partial charge in [-0.25, -0.2) is 89.2 Å². The van der Waals surface area contributed by atoms with Crippen molar-refractivity contribution < 1.29 is 79.0 Å². The topological polar surface area (TPSA) is 35.6 Å². The van der Waals surface area contributed by atoms with E-state index in [1.54, 1.807) is 0 Å². The lowest BCUT2D eigenvalue weighted by Gasteiger charge is -2.20. The second kappa shape index (κ2) is 11.1. The molecule has 0 bridgehead atoms.